The van der Waals surface area contributed by atoms with E-state index in [1.807, 2.05) is 0 Å². The predicted molar refractivity (Wildman–Crippen MR) is 45.4 cm³/mol. The molecule has 0 fully saturated rings. The van der Waals surface area contributed by atoms with E-state index in [2.05, 4.69) is 33.4 Å². The highest BCUT2D eigenvalue weighted by Crippen LogP contribution is 2.26. The Labute approximate surface area is 68.0 Å². The van der Waals surface area contributed by atoms with Crippen LogP contribution in [0.15, 0.2) is 0 Å². The van der Waals surface area contributed by atoms with E-state index < -0.39 is 7.23 Å². The van der Waals surface area contributed by atoms with Gasteiger partial charge in [0.05, 0.1) is 21.1 Å². The summed E-state index contributed by atoms with van der Waals surface area (Å²) in [6, 6.07) is 0. The first kappa shape index (κ1) is 10.4. The van der Waals surface area contributed by atoms with Crippen LogP contribution in [-0.4, -0.2) is 38.8 Å². The van der Waals surface area contributed by atoms with Crippen LogP contribution in [0.2, 0.25) is 0 Å². The molecule has 0 spiro atoms. The molecule has 0 aromatic rings. The highest BCUT2D eigenvalue weighted by molar-refractivity contribution is 8.39. The molecule has 0 radical (unpaired) electrons. The van der Waals surface area contributed by atoms with Gasteiger partial charge in [-0.05, 0) is 4.57 Å². The van der Waals surface area contributed by atoms with Gasteiger partial charge in [-0.3, -0.25) is 0 Å². The molecule has 0 aliphatic carbocycles. The van der Waals surface area contributed by atoms with Crippen molar-refractivity contribution in [1.29, 1.82) is 0 Å². The minimum atomic E-state index is -1.72. The second-order valence-corrected chi connectivity index (χ2v) is 4.80. The molecule has 0 saturated carbocycles. The number of hydrogen-bond acceptors (Lipinski definition) is 2. The molecule has 3 nitrogen and oxygen atoms in total. The van der Waals surface area contributed by atoms with E-state index in [0.717, 1.165) is 11.0 Å². The molecule has 1 unspecified atom stereocenters. The molecule has 60 valence electrons. The van der Waals surface area contributed by atoms with Gasteiger partial charge >= 0.3 is 7.23 Å². The summed E-state index contributed by atoms with van der Waals surface area (Å²) in [6.45, 7) is 1.35. The molecule has 0 saturated heterocycles. The third kappa shape index (κ3) is 8.37. The Morgan fingerprint density at radius 3 is 2.30 bits per heavy atom. The summed E-state index contributed by atoms with van der Waals surface area (Å²) < 4.78 is 15.9. The standard InChI is InChI=1S/C5H13NO2PS/c1-6(2,3)4-5-8-9(7)10/h4-5H2,1-3H3/q+1/p+1. The number of rotatable bonds is 4. The lowest BCUT2D eigenvalue weighted by Gasteiger charge is -2.21. The first-order valence-corrected chi connectivity index (χ1v) is 5.34. The van der Waals surface area contributed by atoms with E-state index >= 15 is 0 Å². The van der Waals surface area contributed by atoms with Crippen molar-refractivity contribution in [1.82, 2.24) is 0 Å². The summed E-state index contributed by atoms with van der Waals surface area (Å²) in [5.41, 5.74) is 0. The summed E-state index contributed by atoms with van der Waals surface area (Å²) in [4.78, 5) is 0. The van der Waals surface area contributed by atoms with Crippen LogP contribution in [0.25, 0.3) is 0 Å². The van der Waals surface area contributed by atoms with Crippen LogP contribution < -0.4 is 0 Å². The van der Waals surface area contributed by atoms with Crippen molar-refractivity contribution in [3.8, 4) is 0 Å². The lowest BCUT2D eigenvalue weighted by molar-refractivity contribution is -0.870. The normalized spacial score (nSPS) is 13.4. The lowest BCUT2D eigenvalue weighted by Crippen LogP contribution is -2.37. The molecule has 0 aromatic heterocycles. The van der Waals surface area contributed by atoms with Gasteiger partial charge in [0.15, 0.2) is 6.61 Å². The van der Waals surface area contributed by atoms with E-state index in [1.54, 1.807) is 0 Å². The van der Waals surface area contributed by atoms with Crippen molar-refractivity contribution in [3.63, 3.8) is 0 Å². The Bertz CT molecular complexity index is 123. The minimum absolute atomic E-state index is 0.502. The molecule has 0 rings (SSSR count). The van der Waals surface area contributed by atoms with Gasteiger partial charge < -0.3 is 4.48 Å². The minimum Gasteiger partial charge on any atom is -0.329 e. The fourth-order valence-corrected chi connectivity index (χ4v) is 0.876. The van der Waals surface area contributed by atoms with Crippen LogP contribution in [0, 0.1) is 0 Å². The highest BCUT2D eigenvalue weighted by Gasteiger charge is 2.13. The Morgan fingerprint density at radius 1 is 1.50 bits per heavy atom. The van der Waals surface area contributed by atoms with Crippen molar-refractivity contribution in [2.24, 2.45) is 0 Å². The maximum Gasteiger partial charge on any atom is 0.582 e. The summed E-state index contributed by atoms with van der Waals surface area (Å²) in [5, 5.41) is 0. The van der Waals surface area contributed by atoms with Crippen molar-refractivity contribution in [2.45, 2.75) is 0 Å². The van der Waals surface area contributed by atoms with Crippen LogP contribution in [-0.2, 0) is 9.09 Å². The Kier molecular flexibility index (Phi) is 4.45. The zero-order valence-corrected chi connectivity index (χ0v) is 8.36. The maximum atomic E-state index is 10.3. The van der Waals surface area contributed by atoms with Gasteiger partial charge in [-0.25, -0.2) is 0 Å². The van der Waals surface area contributed by atoms with Crippen molar-refractivity contribution in [2.75, 3.05) is 34.3 Å². The van der Waals surface area contributed by atoms with Crippen molar-refractivity contribution in [3.05, 3.63) is 0 Å². The Morgan fingerprint density at radius 2 is 2.00 bits per heavy atom. The quantitative estimate of drug-likeness (QED) is 0.404. The van der Waals surface area contributed by atoms with Crippen LogP contribution in [0.5, 0.6) is 0 Å². The van der Waals surface area contributed by atoms with Gasteiger partial charge in [0, 0.05) is 0 Å². The smallest absolute Gasteiger partial charge is 0.329 e. The molecule has 0 bridgehead atoms. The van der Waals surface area contributed by atoms with Crippen molar-refractivity contribution >= 4 is 19.5 Å². The molecule has 0 aliphatic heterocycles. The first-order valence-electron chi connectivity index (χ1n) is 3.01. The van der Waals surface area contributed by atoms with Crippen molar-refractivity contribution < 1.29 is 13.6 Å². The number of thiol groups is 1. The average molecular weight is 183 g/mol. The van der Waals surface area contributed by atoms with E-state index in [-0.39, 0.29) is 0 Å². The van der Waals surface area contributed by atoms with Crippen LogP contribution >= 0.6 is 19.5 Å². The SMILES string of the molecule is C[N+](C)(C)CCO[P+](=O)S. The molecular weight excluding hydrogens is 169 g/mol. The topological polar surface area (TPSA) is 26.3 Å². The number of likely N-dealkylation sites (N-methyl/N-ethyl adjacent to an activating group) is 1. The van der Waals surface area contributed by atoms with Crippen LogP contribution in [0.3, 0.4) is 0 Å². The second kappa shape index (κ2) is 4.29. The fraction of sp³-hybridized carbons (Fsp3) is 1.00. The van der Waals surface area contributed by atoms with E-state index in [9.17, 15) is 4.57 Å². The summed E-state index contributed by atoms with van der Waals surface area (Å²) in [7, 11) is 4.43. The van der Waals surface area contributed by atoms with Crippen LogP contribution in [0.4, 0.5) is 0 Å². The van der Waals surface area contributed by atoms with Gasteiger partial charge in [0.1, 0.15) is 18.8 Å². The zero-order chi connectivity index (χ0) is 8.20. The van der Waals surface area contributed by atoms with Gasteiger partial charge in [0.25, 0.3) is 0 Å². The summed E-state index contributed by atoms with van der Waals surface area (Å²) in [6.07, 6.45) is 0. The molecule has 0 aliphatic rings. The Balaban J connectivity index is 3.29. The van der Waals surface area contributed by atoms with Crippen LogP contribution in [0.1, 0.15) is 0 Å². The molecule has 0 heterocycles. The second-order valence-electron chi connectivity index (χ2n) is 3.08. The fourth-order valence-electron chi connectivity index (χ4n) is 0.393. The monoisotopic (exact) mass is 183 g/mol. The number of quaternary nitrogens is 1. The van der Waals surface area contributed by atoms with Gasteiger partial charge in [-0.1, -0.05) is 0 Å². The third-order valence-corrected chi connectivity index (χ3v) is 1.71. The molecule has 10 heavy (non-hydrogen) atoms. The number of hydrogen-bond donors (Lipinski definition) is 1. The third-order valence-electron chi connectivity index (χ3n) is 0.964. The predicted octanol–water partition coefficient (Wildman–Crippen LogP) is 1.30. The molecular formula is C5H14NO2PS+2. The molecule has 0 amide bonds. The Hall–Kier alpha value is 0.370. The maximum absolute atomic E-state index is 10.3. The van der Waals surface area contributed by atoms with E-state index in [4.69, 9.17) is 4.52 Å². The largest absolute Gasteiger partial charge is 0.582 e. The summed E-state index contributed by atoms with van der Waals surface area (Å²) >= 11 is 3.61. The van der Waals surface area contributed by atoms with Gasteiger partial charge in [-0.2, -0.15) is 0 Å². The number of nitrogens with zero attached hydrogens (tertiary/aromatic N) is 1. The molecule has 0 N–H and O–H groups in total. The highest BCUT2D eigenvalue weighted by atomic mass is 32.7. The molecule has 1 atom stereocenters. The first-order chi connectivity index (χ1) is 4.42. The van der Waals surface area contributed by atoms with E-state index in [0.29, 0.717) is 6.61 Å². The zero-order valence-electron chi connectivity index (χ0n) is 6.57. The molecule has 5 heteroatoms. The van der Waals surface area contributed by atoms with E-state index in [1.165, 1.54) is 0 Å². The average Bonchev–Trinajstić information content (AvgIpc) is 1.59. The lowest BCUT2D eigenvalue weighted by atomic mass is 10.5. The van der Waals surface area contributed by atoms with Gasteiger partial charge in [0.2, 0.25) is 0 Å². The van der Waals surface area contributed by atoms with Gasteiger partial charge in [-0.15, -0.1) is 4.52 Å². The molecule has 0 aromatic carbocycles. The summed E-state index contributed by atoms with van der Waals surface area (Å²) in [5.74, 6) is 0.